The van der Waals surface area contributed by atoms with E-state index >= 15 is 0 Å². The second-order valence-electron chi connectivity index (χ2n) is 4.89. The second-order valence-corrected chi connectivity index (χ2v) is 4.89. The molecule has 0 nitrogen and oxygen atoms in total. The molecule has 2 atom stereocenters. The van der Waals surface area contributed by atoms with Gasteiger partial charge in [-0.15, -0.1) is 0 Å². The van der Waals surface area contributed by atoms with E-state index < -0.39 is 0 Å². The standard InChI is InChI=1S/C14H18/c1-3-7-13-11(5-1)9-10-12-6-2-4-8-14(12)13/h9-10,13-14H,1-5,7-8H2. The molecule has 2 saturated carbocycles. The molecule has 2 fully saturated rings. The molecule has 2 unspecified atom stereocenters. The van der Waals surface area contributed by atoms with Gasteiger partial charge in [-0.05, 0) is 43.9 Å². The van der Waals surface area contributed by atoms with E-state index in [0.29, 0.717) is 0 Å². The molecule has 2 radical (unpaired) electrons. The van der Waals surface area contributed by atoms with Crippen molar-refractivity contribution in [2.45, 2.75) is 44.9 Å². The molecule has 0 spiro atoms. The predicted molar refractivity (Wildman–Crippen MR) is 58.7 cm³/mol. The van der Waals surface area contributed by atoms with Gasteiger partial charge in [-0.25, -0.2) is 0 Å². The highest BCUT2D eigenvalue weighted by Crippen LogP contribution is 2.45. The first-order valence-corrected chi connectivity index (χ1v) is 6.09. The van der Waals surface area contributed by atoms with Crippen LogP contribution in [0.4, 0.5) is 0 Å². The highest BCUT2D eigenvalue weighted by molar-refractivity contribution is 5.35. The molecule has 3 rings (SSSR count). The minimum absolute atomic E-state index is 0.851. The predicted octanol–water partition coefficient (Wildman–Crippen LogP) is 3.92. The van der Waals surface area contributed by atoms with Crippen LogP contribution in [0.5, 0.6) is 0 Å². The molecule has 0 N–H and O–H groups in total. The van der Waals surface area contributed by atoms with Crippen LogP contribution in [0.1, 0.15) is 44.9 Å². The Hall–Kier alpha value is -0.520. The molecule has 74 valence electrons. The highest BCUT2D eigenvalue weighted by atomic mass is 14.4. The van der Waals surface area contributed by atoms with E-state index in [1.807, 2.05) is 0 Å². The Labute approximate surface area is 87.1 Å². The number of hydrogen-bond acceptors (Lipinski definition) is 0. The summed E-state index contributed by atoms with van der Waals surface area (Å²) in [5, 5.41) is 0. The van der Waals surface area contributed by atoms with Crippen LogP contribution in [0.2, 0.25) is 0 Å². The average Bonchev–Trinajstić information content (AvgIpc) is 2.29. The SMILES string of the molecule is [C]1CCCC2C1=CC=C1CCCCC12. The average molecular weight is 186 g/mol. The summed E-state index contributed by atoms with van der Waals surface area (Å²) in [4.78, 5) is 0. The Bertz CT molecular complexity index is 252. The zero-order valence-corrected chi connectivity index (χ0v) is 8.76. The van der Waals surface area contributed by atoms with E-state index in [9.17, 15) is 0 Å². The highest BCUT2D eigenvalue weighted by Gasteiger charge is 2.33. The van der Waals surface area contributed by atoms with Crippen LogP contribution in [0.3, 0.4) is 0 Å². The van der Waals surface area contributed by atoms with E-state index in [4.69, 9.17) is 0 Å². The van der Waals surface area contributed by atoms with Crippen molar-refractivity contribution in [1.82, 2.24) is 0 Å². The Morgan fingerprint density at radius 3 is 2.93 bits per heavy atom. The van der Waals surface area contributed by atoms with Gasteiger partial charge in [-0.3, -0.25) is 0 Å². The zero-order chi connectivity index (χ0) is 9.38. The topological polar surface area (TPSA) is 0 Å². The summed E-state index contributed by atoms with van der Waals surface area (Å²) in [5.41, 5.74) is 3.28. The summed E-state index contributed by atoms with van der Waals surface area (Å²) < 4.78 is 0. The van der Waals surface area contributed by atoms with Gasteiger partial charge in [0.25, 0.3) is 0 Å². The van der Waals surface area contributed by atoms with Crippen LogP contribution in [0.15, 0.2) is 23.3 Å². The van der Waals surface area contributed by atoms with Gasteiger partial charge in [-0.1, -0.05) is 36.1 Å². The van der Waals surface area contributed by atoms with Crippen LogP contribution in [0, 0.1) is 18.3 Å². The normalized spacial score (nSPS) is 36.6. The van der Waals surface area contributed by atoms with Gasteiger partial charge >= 0.3 is 0 Å². The molecular formula is C14H18. The lowest BCUT2D eigenvalue weighted by Gasteiger charge is -2.39. The fourth-order valence-electron chi connectivity index (χ4n) is 3.37. The molecule has 0 aliphatic heterocycles. The Balaban J connectivity index is 1.89. The molecule has 0 heteroatoms. The maximum Gasteiger partial charge on any atom is 0.0123 e. The van der Waals surface area contributed by atoms with Gasteiger partial charge in [0.2, 0.25) is 0 Å². The van der Waals surface area contributed by atoms with Crippen molar-refractivity contribution in [2.24, 2.45) is 11.8 Å². The van der Waals surface area contributed by atoms with E-state index in [2.05, 4.69) is 18.6 Å². The summed E-state index contributed by atoms with van der Waals surface area (Å²) in [7, 11) is 0. The molecule has 0 heterocycles. The summed E-state index contributed by atoms with van der Waals surface area (Å²) in [6.07, 6.45) is 18.0. The van der Waals surface area contributed by atoms with Crippen molar-refractivity contribution in [3.8, 4) is 0 Å². The lowest BCUT2D eigenvalue weighted by Crippen LogP contribution is -2.26. The summed E-state index contributed by atoms with van der Waals surface area (Å²) >= 11 is 0. The minimum Gasteiger partial charge on any atom is -0.0665 e. The molecule has 0 aromatic heterocycles. The third-order valence-corrected chi connectivity index (χ3v) is 4.09. The van der Waals surface area contributed by atoms with Crippen molar-refractivity contribution >= 4 is 0 Å². The third kappa shape index (κ3) is 1.36. The number of hydrogen-bond donors (Lipinski definition) is 0. The van der Waals surface area contributed by atoms with Gasteiger partial charge in [0.05, 0.1) is 0 Å². The molecule has 0 bridgehead atoms. The van der Waals surface area contributed by atoms with Crippen molar-refractivity contribution in [3.05, 3.63) is 29.7 Å². The Kier molecular flexibility index (Phi) is 2.23. The minimum atomic E-state index is 0.851. The van der Waals surface area contributed by atoms with Crippen molar-refractivity contribution in [3.63, 3.8) is 0 Å². The molecule has 3 aliphatic rings. The fraction of sp³-hybridized carbons (Fsp3) is 0.643. The first kappa shape index (κ1) is 8.76. The van der Waals surface area contributed by atoms with E-state index in [1.54, 1.807) is 5.57 Å². The second kappa shape index (κ2) is 3.56. The molecule has 3 aliphatic carbocycles. The number of allylic oxidation sites excluding steroid dienone is 4. The first-order valence-electron chi connectivity index (χ1n) is 6.09. The van der Waals surface area contributed by atoms with Crippen molar-refractivity contribution < 1.29 is 0 Å². The molecular weight excluding hydrogens is 168 g/mol. The van der Waals surface area contributed by atoms with Crippen molar-refractivity contribution in [2.75, 3.05) is 0 Å². The molecule has 0 aromatic carbocycles. The largest absolute Gasteiger partial charge is 0.0665 e. The molecule has 0 saturated heterocycles. The maximum absolute atomic E-state index is 3.57. The monoisotopic (exact) mass is 186 g/mol. The lowest BCUT2D eigenvalue weighted by molar-refractivity contribution is 0.314. The van der Waals surface area contributed by atoms with Crippen molar-refractivity contribution in [1.29, 1.82) is 0 Å². The maximum atomic E-state index is 3.57. The smallest absolute Gasteiger partial charge is 0.0123 e. The quantitative estimate of drug-likeness (QED) is 0.538. The lowest BCUT2D eigenvalue weighted by atomic mass is 9.66. The van der Waals surface area contributed by atoms with Gasteiger partial charge in [0, 0.05) is 6.42 Å². The van der Waals surface area contributed by atoms with Crippen LogP contribution in [-0.2, 0) is 0 Å². The summed E-state index contributed by atoms with van der Waals surface area (Å²) in [6.45, 7) is 0. The number of rotatable bonds is 0. The third-order valence-electron chi connectivity index (χ3n) is 4.09. The fourth-order valence-corrected chi connectivity index (χ4v) is 3.37. The molecule has 14 heavy (non-hydrogen) atoms. The number of fused-ring (bicyclic) bond motifs is 3. The molecule has 0 amide bonds. The van der Waals surface area contributed by atoms with Gasteiger partial charge < -0.3 is 0 Å². The van der Waals surface area contributed by atoms with E-state index in [0.717, 1.165) is 11.8 Å². The Morgan fingerprint density at radius 1 is 1.00 bits per heavy atom. The van der Waals surface area contributed by atoms with Gasteiger partial charge in [0.15, 0.2) is 0 Å². The summed E-state index contributed by atoms with van der Waals surface area (Å²) in [5.74, 6) is 1.75. The van der Waals surface area contributed by atoms with E-state index in [-0.39, 0.29) is 0 Å². The van der Waals surface area contributed by atoms with Crippen LogP contribution in [0.25, 0.3) is 0 Å². The van der Waals surface area contributed by atoms with E-state index in [1.165, 1.54) is 50.5 Å². The van der Waals surface area contributed by atoms with Crippen LogP contribution >= 0.6 is 0 Å². The van der Waals surface area contributed by atoms with Crippen LogP contribution < -0.4 is 0 Å². The van der Waals surface area contributed by atoms with Gasteiger partial charge in [0.1, 0.15) is 0 Å². The summed E-state index contributed by atoms with van der Waals surface area (Å²) in [6, 6.07) is 0. The van der Waals surface area contributed by atoms with Crippen LogP contribution in [-0.4, -0.2) is 0 Å². The molecule has 0 aromatic rings. The van der Waals surface area contributed by atoms with Gasteiger partial charge in [-0.2, -0.15) is 0 Å². The Morgan fingerprint density at radius 2 is 1.93 bits per heavy atom. The zero-order valence-electron chi connectivity index (χ0n) is 8.76. The first-order chi connectivity index (χ1) is 6.95.